The molecular formula is C10H9N3O3. The number of aryl methyl sites for hydroxylation is 1. The Morgan fingerprint density at radius 2 is 2.19 bits per heavy atom. The lowest BCUT2D eigenvalue weighted by molar-refractivity contribution is 0.0695. The molecule has 2 heterocycles. The average Bonchev–Trinajstić information content (AvgIpc) is 2.63. The van der Waals surface area contributed by atoms with Crippen LogP contribution in [0.5, 0.6) is 0 Å². The Labute approximate surface area is 90.2 Å². The zero-order valence-corrected chi connectivity index (χ0v) is 8.47. The molecule has 0 fully saturated rings. The second kappa shape index (κ2) is 3.65. The normalized spacial score (nSPS) is 10.3. The number of hydrogen-bond donors (Lipinski definition) is 2. The number of H-pyrrole nitrogens is 1. The fourth-order valence-electron chi connectivity index (χ4n) is 1.43. The van der Waals surface area contributed by atoms with Crippen LogP contribution < -0.4 is 5.56 Å². The van der Waals surface area contributed by atoms with Crippen molar-refractivity contribution in [2.45, 2.75) is 0 Å². The lowest BCUT2D eigenvalue weighted by atomic mass is 10.2. The molecule has 0 radical (unpaired) electrons. The molecule has 2 aromatic heterocycles. The van der Waals surface area contributed by atoms with Crippen LogP contribution in [0.1, 0.15) is 10.4 Å². The van der Waals surface area contributed by atoms with Crippen LogP contribution in [0.15, 0.2) is 29.2 Å². The van der Waals surface area contributed by atoms with Gasteiger partial charge in [0, 0.05) is 13.2 Å². The number of carbonyl (C=O) groups is 1. The minimum absolute atomic E-state index is 0.272. The molecule has 82 valence electrons. The Kier molecular flexibility index (Phi) is 2.32. The van der Waals surface area contributed by atoms with Crippen molar-refractivity contribution in [2.24, 2.45) is 7.05 Å². The summed E-state index contributed by atoms with van der Waals surface area (Å²) in [5.74, 6) is -1.24. The van der Waals surface area contributed by atoms with Gasteiger partial charge in [0.05, 0.1) is 11.4 Å². The van der Waals surface area contributed by atoms with Gasteiger partial charge in [0.25, 0.3) is 5.56 Å². The summed E-state index contributed by atoms with van der Waals surface area (Å²) in [6.07, 6.45) is 1.60. The van der Waals surface area contributed by atoms with Crippen molar-refractivity contribution in [3.63, 3.8) is 0 Å². The number of nitrogens with one attached hydrogen (secondary N) is 1. The van der Waals surface area contributed by atoms with E-state index in [4.69, 9.17) is 5.11 Å². The molecule has 16 heavy (non-hydrogen) atoms. The number of carboxylic acid groups (broad SMARTS) is 1. The van der Waals surface area contributed by atoms with Gasteiger partial charge in [-0.25, -0.2) is 4.79 Å². The fraction of sp³-hybridized carbons (Fsp3) is 0.100. The lowest BCUT2D eigenvalue weighted by Gasteiger charge is -2.02. The largest absolute Gasteiger partial charge is 0.477 e. The summed E-state index contributed by atoms with van der Waals surface area (Å²) in [4.78, 5) is 24.6. The molecule has 6 heteroatoms. The zero-order chi connectivity index (χ0) is 11.7. The molecule has 2 aromatic rings. The van der Waals surface area contributed by atoms with Crippen LogP contribution in [0.2, 0.25) is 0 Å². The standard InChI is InChI=1S/C10H9N3O3/c1-13-8(4-5-11-13)7-3-2-6(10(15)16)9(14)12-7/h2-5H,1H3,(H,12,14)(H,15,16). The highest BCUT2D eigenvalue weighted by atomic mass is 16.4. The van der Waals surface area contributed by atoms with E-state index < -0.39 is 11.5 Å². The van der Waals surface area contributed by atoms with E-state index in [0.29, 0.717) is 11.4 Å². The smallest absolute Gasteiger partial charge is 0.341 e. The van der Waals surface area contributed by atoms with Crippen LogP contribution in [-0.4, -0.2) is 25.8 Å². The summed E-state index contributed by atoms with van der Waals surface area (Å²) in [7, 11) is 1.73. The highest BCUT2D eigenvalue weighted by Crippen LogP contribution is 2.13. The van der Waals surface area contributed by atoms with Gasteiger partial charge in [-0.15, -0.1) is 0 Å². The molecule has 0 aliphatic heterocycles. The Hall–Kier alpha value is -2.37. The molecule has 0 aliphatic carbocycles. The van der Waals surface area contributed by atoms with Crippen molar-refractivity contribution in [3.8, 4) is 11.4 Å². The number of hydrogen-bond acceptors (Lipinski definition) is 3. The van der Waals surface area contributed by atoms with Gasteiger partial charge in [-0.3, -0.25) is 9.48 Å². The first-order chi connectivity index (χ1) is 7.59. The molecule has 0 unspecified atom stereocenters. The first kappa shape index (κ1) is 10.2. The molecule has 2 rings (SSSR count). The van der Waals surface area contributed by atoms with Gasteiger partial charge in [0.2, 0.25) is 0 Å². The van der Waals surface area contributed by atoms with Crippen LogP contribution in [0.4, 0.5) is 0 Å². The SMILES string of the molecule is Cn1nccc1-c1ccc(C(=O)O)c(=O)[nH]1. The molecule has 0 spiro atoms. The van der Waals surface area contributed by atoms with Crippen LogP contribution in [0, 0.1) is 0 Å². The minimum Gasteiger partial charge on any atom is -0.477 e. The van der Waals surface area contributed by atoms with E-state index in [1.165, 1.54) is 6.07 Å². The molecular weight excluding hydrogens is 210 g/mol. The van der Waals surface area contributed by atoms with Gasteiger partial charge in [-0.2, -0.15) is 5.10 Å². The van der Waals surface area contributed by atoms with E-state index in [-0.39, 0.29) is 5.56 Å². The zero-order valence-electron chi connectivity index (χ0n) is 8.47. The Morgan fingerprint density at radius 1 is 1.44 bits per heavy atom. The second-order valence-electron chi connectivity index (χ2n) is 3.26. The molecule has 0 aromatic carbocycles. The van der Waals surface area contributed by atoms with E-state index in [1.54, 1.807) is 30.1 Å². The van der Waals surface area contributed by atoms with Crippen molar-refractivity contribution in [3.05, 3.63) is 40.3 Å². The number of rotatable bonds is 2. The lowest BCUT2D eigenvalue weighted by Crippen LogP contribution is -2.17. The Morgan fingerprint density at radius 3 is 2.69 bits per heavy atom. The van der Waals surface area contributed by atoms with E-state index in [1.807, 2.05) is 0 Å². The van der Waals surface area contributed by atoms with E-state index in [9.17, 15) is 9.59 Å². The summed E-state index contributed by atoms with van der Waals surface area (Å²) in [6.45, 7) is 0. The van der Waals surface area contributed by atoms with Crippen LogP contribution in [0.3, 0.4) is 0 Å². The Balaban J connectivity index is 2.55. The van der Waals surface area contributed by atoms with Crippen LogP contribution in [0.25, 0.3) is 11.4 Å². The van der Waals surface area contributed by atoms with Crippen LogP contribution in [-0.2, 0) is 7.05 Å². The van der Waals surface area contributed by atoms with E-state index in [0.717, 1.165) is 0 Å². The fourth-order valence-corrected chi connectivity index (χ4v) is 1.43. The first-order valence-corrected chi connectivity index (χ1v) is 4.54. The summed E-state index contributed by atoms with van der Waals surface area (Å²) in [5, 5.41) is 12.7. The van der Waals surface area contributed by atoms with Gasteiger partial charge in [0.15, 0.2) is 0 Å². The molecule has 0 amide bonds. The quantitative estimate of drug-likeness (QED) is 0.768. The third kappa shape index (κ3) is 1.60. The van der Waals surface area contributed by atoms with Gasteiger partial charge in [-0.1, -0.05) is 0 Å². The van der Waals surface area contributed by atoms with Gasteiger partial charge in [0.1, 0.15) is 5.56 Å². The number of nitrogens with zero attached hydrogens (tertiary/aromatic N) is 2. The third-order valence-electron chi connectivity index (χ3n) is 2.24. The molecule has 0 atom stereocenters. The molecule has 0 bridgehead atoms. The average molecular weight is 219 g/mol. The third-order valence-corrected chi connectivity index (χ3v) is 2.24. The van der Waals surface area contributed by atoms with Crippen molar-refractivity contribution < 1.29 is 9.90 Å². The summed E-state index contributed by atoms with van der Waals surface area (Å²) in [6, 6.07) is 4.55. The Bertz CT molecular complexity index is 597. The number of aromatic amines is 1. The van der Waals surface area contributed by atoms with Gasteiger partial charge < -0.3 is 10.1 Å². The predicted molar refractivity (Wildman–Crippen MR) is 56.2 cm³/mol. The number of aromatic carboxylic acids is 1. The summed E-state index contributed by atoms with van der Waals surface area (Å²) >= 11 is 0. The second-order valence-corrected chi connectivity index (χ2v) is 3.26. The summed E-state index contributed by atoms with van der Waals surface area (Å²) < 4.78 is 1.59. The molecule has 2 N–H and O–H groups in total. The van der Waals surface area contributed by atoms with Crippen LogP contribution >= 0.6 is 0 Å². The monoisotopic (exact) mass is 219 g/mol. The summed E-state index contributed by atoms with van der Waals surface area (Å²) in [5.41, 5.74) is 0.362. The maximum Gasteiger partial charge on any atom is 0.341 e. The maximum atomic E-state index is 11.4. The van der Waals surface area contributed by atoms with Crippen molar-refractivity contribution in [1.29, 1.82) is 0 Å². The van der Waals surface area contributed by atoms with Crippen molar-refractivity contribution in [2.75, 3.05) is 0 Å². The number of pyridine rings is 1. The molecule has 0 saturated heterocycles. The van der Waals surface area contributed by atoms with Crippen molar-refractivity contribution in [1.82, 2.24) is 14.8 Å². The highest BCUT2D eigenvalue weighted by molar-refractivity contribution is 5.87. The minimum atomic E-state index is -1.24. The predicted octanol–water partition coefficient (Wildman–Crippen LogP) is 0.474. The van der Waals surface area contributed by atoms with Gasteiger partial charge >= 0.3 is 5.97 Å². The maximum absolute atomic E-state index is 11.4. The number of aromatic nitrogens is 3. The number of carboxylic acids is 1. The van der Waals surface area contributed by atoms with E-state index in [2.05, 4.69) is 10.1 Å². The van der Waals surface area contributed by atoms with Gasteiger partial charge in [-0.05, 0) is 18.2 Å². The highest BCUT2D eigenvalue weighted by Gasteiger charge is 2.10. The molecule has 0 aliphatic rings. The van der Waals surface area contributed by atoms with Crippen molar-refractivity contribution >= 4 is 5.97 Å². The molecule has 0 saturated carbocycles. The molecule has 6 nitrogen and oxygen atoms in total. The first-order valence-electron chi connectivity index (χ1n) is 4.54. The topological polar surface area (TPSA) is 88.0 Å². The van der Waals surface area contributed by atoms with E-state index >= 15 is 0 Å².